The molecule has 1 fully saturated rings. The van der Waals surface area contributed by atoms with Crippen molar-refractivity contribution in [2.75, 3.05) is 23.3 Å². The van der Waals surface area contributed by atoms with Gasteiger partial charge in [0, 0.05) is 41.5 Å². The van der Waals surface area contributed by atoms with E-state index >= 15 is 0 Å². The van der Waals surface area contributed by atoms with E-state index in [-0.39, 0.29) is 23.9 Å². The molecule has 2 aliphatic rings. The van der Waals surface area contributed by atoms with Crippen molar-refractivity contribution in [3.8, 4) is 11.6 Å². The van der Waals surface area contributed by atoms with Gasteiger partial charge in [-0.15, -0.1) is 16.4 Å². The van der Waals surface area contributed by atoms with Gasteiger partial charge in [0.25, 0.3) is 5.91 Å². The van der Waals surface area contributed by atoms with Crippen molar-refractivity contribution >= 4 is 56.3 Å². The third-order valence-electron chi connectivity index (χ3n) is 6.76. The number of carbonyl (C=O) groups excluding carboxylic acids is 3. The quantitative estimate of drug-likeness (QED) is 0.333. The number of aromatic nitrogens is 2. The molecule has 2 aromatic heterocycles. The Balaban J connectivity index is 1.29. The molecule has 2 aliphatic heterocycles. The molecule has 10 nitrogen and oxygen atoms in total. The SMILES string of the molecule is C=CC(=O)N1CC[C@@H](NC(=O)c2sc3cccc4c3c2NC(=O)N4c2ccc(Oc3cccnn3)cc2C)C1. The highest BCUT2D eigenvalue weighted by Crippen LogP contribution is 2.47. The first-order chi connectivity index (χ1) is 18.9. The number of urea groups is 1. The van der Waals surface area contributed by atoms with Crippen LogP contribution < -0.4 is 20.3 Å². The largest absolute Gasteiger partial charge is 0.438 e. The molecule has 11 heteroatoms. The second-order valence-corrected chi connectivity index (χ2v) is 10.3. The second kappa shape index (κ2) is 9.84. The van der Waals surface area contributed by atoms with Crippen molar-refractivity contribution in [2.45, 2.75) is 19.4 Å². The number of hydrogen-bond acceptors (Lipinski definition) is 7. The van der Waals surface area contributed by atoms with Gasteiger partial charge in [-0.3, -0.25) is 14.5 Å². The summed E-state index contributed by atoms with van der Waals surface area (Å²) in [6.45, 7) is 6.42. The molecular weight excluding hydrogens is 516 g/mol. The molecule has 0 aliphatic carbocycles. The summed E-state index contributed by atoms with van der Waals surface area (Å²) in [6, 6.07) is 14.0. The van der Waals surface area contributed by atoms with E-state index < -0.39 is 0 Å². The predicted octanol–water partition coefficient (Wildman–Crippen LogP) is 4.99. The second-order valence-electron chi connectivity index (χ2n) is 9.28. The van der Waals surface area contributed by atoms with E-state index in [2.05, 4.69) is 27.4 Å². The van der Waals surface area contributed by atoms with Crippen LogP contribution in [-0.2, 0) is 4.79 Å². The summed E-state index contributed by atoms with van der Waals surface area (Å²) in [5.41, 5.74) is 2.70. The highest BCUT2D eigenvalue weighted by molar-refractivity contribution is 7.21. The molecule has 4 aromatic rings. The van der Waals surface area contributed by atoms with E-state index in [4.69, 9.17) is 4.74 Å². The standard InChI is InChI=1S/C28H24N6O4S/c1-3-23(35)33-13-11-17(15-33)30-27(36)26-25-24-20(6-4-7-21(24)39-26)34(28(37)31-25)19-10-9-18(14-16(19)2)38-22-8-5-12-29-32-22/h3-10,12,14,17H,1,11,13,15H2,2H3,(H,30,36)(H,31,37)/t17-/m1/s1. The lowest BCUT2D eigenvalue weighted by Gasteiger charge is -2.30. The van der Waals surface area contributed by atoms with Crippen molar-refractivity contribution in [1.82, 2.24) is 20.4 Å². The molecular formula is C28H24N6O4S. The summed E-state index contributed by atoms with van der Waals surface area (Å²) in [4.78, 5) is 42.4. The van der Waals surface area contributed by atoms with Crippen LogP contribution >= 0.6 is 11.3 Å². The fraction of sp³-hybridized carbons (Fsp3) is 0.179. The molecule has 39 heavy (non-hydrogen) atoms. The zero-order valence-electron chi connectivity index (χ0n) is 21.0. The van der Waals surface area contributed by atoms with Crippen LogP contribution in [0.2, 0.25) is 0 Å². The topological polar surface area (TPSA) is 117 Å². The van der Waals surface area contributed by atoms with Gasteiger partial charge < -0.3 is 20.3 Å². The number of rotatable bonds is 6. The molecule has 4 amide bonds. The Hall–Kier alpha value is -4.77. The van der Waals surface area contributed by atoms with E-state index in [0.717, 1.165) is 15.6 Å². The summed E-state index contributed by atoms with van der Waals surface area (Å²) >= 11 is 1.33. The molecule has 0 radical (unpaired) electrons. The molecule has 4 heterocycles. The van der Waals surface area contributed by atoms with Gasteiger partial charge in [-0.05, 0) is 61.4 Å². The van der Waals surface area contributed by atoms with Crippen molar-refractivity contribution < 1.29 is 19.1 Å². The van der Waals surface area contributed by atoms with Gasteiger partial charge in [-0.25, -0.2) is 4.79 Å². The number of thiophene rings is 1. The maximum Gasteiger partial charge on any atom is 0.331 e. The Morgan fingerprint density at radius 3 is 2.85 bits per heavy atom. The number of nitrogens with one attached hydrogen (secondary N) is 2. The minimum absolute atomic E-state index is 0.149. The summed E-state index contributed by atoms with van der Waals surface area (Å²) in [7, 11) is 0. The van der Waals surface area contributed by atoms with Gasteiger partial charge in [0.2, 0.25) is 11.8 Å². The lowest BCUT2D eigenvalue weighted by Crippen LogP contribution is -2.39. The first-order valence-corrected chi connectivity index (χ1v) is 13.2. The van der Waals surface area contributed by atoms with Gasteiger partial charge in [0.1, 0.15) is 10.6 Å². The molecule has 1 saturated heterocycles. The monoisotopic (exact) mass is 540 g/mol. The van der Waals surface area contributed by atoms with Gasteiger partial charge >= 0.3 is 6.03 Å². The van der Waals surface area contributed by atoms with Gasteiger partial charge in [-0.1, -0.05) is 12.6 Å². The van der Waals surface area contributed by atoms with Crippen LogP contribution in [0.5, 0.6) is 11.6 Å². The van der Waals surface area contributed by atoms with E-state index in [9.17, 15) is 14.4 Å². The van der Waals surface area contributed by atoms with Gasteiger partial charge in [0.05, 0.1) is 17.1 Å². The Morgan fingerprint density at radius 2 is 2.08 bits per heavy atom. The third kappa shape index (κ3) is 4.46. The first kappa shape index (κ1) is 24.6. The fourth-order valence-electron chi connectivity index (χ4n) is 4.97. The number of aryl methyl sites for hydroxylation is 1. The van der Waals surface area contributed by atoms with Crippen LogP contribution in [0.25, 0.3) is 10.1 Å². The lowest BCUT2D eigenvalue weighted by atomic mass is 10.1. The Labute approximate surface area is 227 Å². The summed E-state index contributed by atoms with van der Waals surface area (Å²) < 4.78 is 6.67. The van der Waals surface area contributed by atoms with Crippen LogP contribution in [0, 0.1) is 6.92 Å². The lowest BCUT2D eigenvalue weighted by molar-refractivity contribution is -0.125. The number of hydrogen-bond donors (Lipinski definition) is 2. The summed E-state index contributed by atoms with van der Waals surface area (Å²) in [5.74, 6) is 0.522. The van der Waals surface area contributed by atoms with Crippen LogP contribution in [0.15, 0.2) is 67.4 Å². The molecule has 196 valence electrons. The average Bonchev–Trinajstić information content (AvgIpc) is 3.55. The zero-order chi connectivity index (χ0) is 27.1. The maximum atomic E-state index is 13.5. The van der Waals surface area contributed by atoms with Crippen LogP contribution in [0.1, 0.15) is 21.7 Å². The highest BCUT2D eigenvalue weighted by atomic mass is 32.1. The van der Waals surface area contributed by atoms with Crippen molar-refractivity contribution in [2.24, 2.45) is 0 Å². The van der Waals surface area contributed by atoms with Crippen molar-refractivity contribution in [1.29, 1.82) is 0 Å². The van der Waals surface area contributed by atoms with Crippen LogP contribution in [0.4, 0.5) is 21.9 Å². The molecule has 0 bridgehead atoms. The first-order valence-electron chi connectivity index (χ1n) is 12.4. The number of likely N-dealkylation sites (tertiary alicyclic amines) is 1. The molecule has 6 rings (SSSR count). The number of anilines is 3. The molecule has 0 unspecified atom stereocenters. The zero-order valence-corrected chi connectivity index (χ0v) is 21.8. The Kier molecular flexibility index (Phi) is 6.20. The van der Waals surface area contributed by atoms with Gasteiger partial charge in [0.15, 0.2) is 0 Å². The minimum atomic E-state index is -0.364. The van der Waals surface area contributed by atoms with E-state index in [1.165, 1.54) is 17.4 Å². The van der Waals surface area contributed by atoms with Gasteiger partial charge in [-0.2, -0.15) is 5.10 Å². The number of carbonyl (C=O) groups is 3. The number of nitrogens with zero attached hydrogens (tertiary/aromatic N) is 4. The number of amides is 4. The van der Waals surface area contributed by atoms with Crippen molar-refractivity contribution in [3.63, 3.8) is 0 Å². The highest BCUT2D eigenvalue weighted by Gasteiger charge is 2.34. The third-order valence-corrected chi connectivity index (χ3v) is 7.92. The molecule has 0 saturated carbocycles. The van der Waals surface area contributed by atoms with Crippen LogP contribution in [0.3, 0.4) is 0 Å². The summed E-state index contributed by atoms with van der Waals surface area (Å²) in [5, 5.41) is 14.6. The predicted molar refractivity (Wildman–Crippen MR) is 149 cm³/mol. The maximum absolute atomic E-state index is 13.5. The molecule has 2 N–H and O–H groups in total. The Bertz CT molecular complexity index is 1640. The van der Waals surface area contributed by atoms with E-state index in [1.807, 2.05) is 37.3 Å². The van der Waals surface area contributed by atoms with Crippen LogP contribution in [-0.4, -0.2) is 52.1 Å². The molecule has 1 atom stereocenters. The fourth-order valence-corrected chi connectivity index (χ4v) is 6.05. The summed E-state index contributed by atoms with van der Waals surface area (Å²) in [6.07, 6.45) is 3.51. The molecule has 2 aromatic carbocycles. The molecule has 0 spiro atoms. The minimum Gasteiger partial charge on any atom is -0.438 e. The van der Waals surface area contributed by atoms with Crippen molar-refractivity contribution in [3.05, 3.63) is 77.8 Å². The average molecular weight is 541 g/mol. The number of ether oxygens (including phenoxy) is 1. The van der Waals surface area contributed by atoms with E-state index in [0.29, 0.717) is 53.1 Å². The smallest absolute Gasteiger partial charge is 0.331 e. The Morgan fingerprint density at radius 1 is 1.21 bits per heavy atom. The number of benzene rings is 2. The normalized spacial score (nSPS) is 16.2. The van der Waals surface area contributed by atoms with E-state index in [1.54, 1.807) is 34.2 Å².